The minimum Gasteiger partial charge on any atom is -0.493 e. The van der Waals surface area contributed by atoms with Crippen LogP contribution < -0.4 is 24.4 Å². The van der Waals surface area contributed by atoms with E-state index in [4.69, 9.17) is 14.2 Å². The fourth-order valence-electron chi connectivity index (χ4n) is 5.49. The third kappa shape index (κ3) is 5.46. The number of aryl methyl sites for hydroxylation is 1. The van der Waals surface area contributed by atoms with E-state index in [0.717, 1.165) is 17.0 Å². The minimum absolute atomic E-state index is 0.171. The number of rotatable bonds is 9. The van der Waals surface area contributed by atoms with Gasteiger partial charge in [0.05, 0.1) is 47.7 Å². The molecule has 1 unspecified atom stereocenters. The second-order valence-electron chi connectivity index (χ2n) is 10.2. The Morgan fingerprint density at radius 3 is 2.50 bits per heavy atom. The molecule has 1 N–H and O–H groups in total. The lowest BCUT2D eigenvalue weighted by Crippen LogP contribution is -2.40. The van der Waals surface area contributed by atoms with E-state index >= 15 is 0 Å². The molecule has 0 bridgehead atoms. The highest BCUT2D eigenvalue weighted by molar-refractivity contribution is 7.07. The number of carbonyl (C=O) groups excluding carboxylic acids is 1. The number of esters is 1. The number of hydrogen-bond donors (Lipinski definition) is 1. The predicted molar refractivity (Wildman–Crippen MR) is 167 cm³/mol. The first-order valence-corrected chi connectivity index (χ1v) is 14.9. The first-order valence-electron chi connectivity index (χ1n) is 14.1. The molecule has 0 saturated carbocycles. The van der Waals surface area contributed by atoms with Crippen molar-refractivity contribution in [2.45, 2.75) is 40.7 Å². The van der Waals surface area contributed by atoms with Crippen LogP contribution in [0.5, 0.6) is 11.5 Å². The van der Waals surface area contributed by atoms with Crippen molar-refractivity contribution in [3.05, 3.63) is 108 Å². The number of aromatic carboxylic acids is 1. The Hall–Kier alpha value is -4.90. The number of fused-ring (bicyclic) bond motifs is 1. The normalized spacial score (nSPS) is 14.7. The molecule has 2 aromatic heterocycles. The predicted octanol–water partition coefficient (Wildman–Crippen LogP) is 4.31. The van der Waals surface area contributed by atoms with Crippen molar-refractivity contribution in [2.24, 2.45) is 4.99 Å². The maximum absolute atomic E-state index is 14.1. The number of aromatic nitrogens is 2. The summed E-state index contributed by atoms with van der Waals surface area (Å²) < 4.78 is 20.6. The maximum atomic E-state index is 14.1. The molecule has 5 rings (SSSR count). The Morgan fingerprint density at radius 1 is 1.05 bits per heavy atom. The molecule has 10 nitrogen and oxygen atoms in total. The summed E-state index contributed by atoms with van der Waals surface area (Å²) in [6.45, 7) is 9.75. The Kier molecular flexibility index (Phi) is 8.59. The first-order chi connectivity index (χ1) is 21.1. The largest absolute Gasteiger partial charge is 0.493 e. The number of allylic oxidation sites excluding steroid dienone is 1. The molecule has 44 heavy (non-hydrogen) atoms. The number of carboxylic acids is 1. The second kappa shape index (κ2) is 12.4. The van der Waals surface area contributed by atoms with Crippen LogP contribution in [0.1, 0.15) is 59.7 Å². The van der Waals surface area contributed by atoms with E-state index in [2.05, 4.69) is 4.99 Å². The molecule has 0 amide bonds. The lowest BCUT2D eigenvalue weighted by molar-refractivity contribution is -0.139. The summed E-state index contributed by atoms with van der Waals surface area (Å²) in [5, 5.41) is 9.47. The summed E-state index contributed by atoms with van der Waals surface area (Å²) in [6.07, 6.45) is 1.81. The standard InChI is InChI=1S/C33H33N3O7S/c1-7-42-26-16-21(12-13-25(26)41-6)29-28(32(40)43-8-2)19(4)34-33-36(29)30(37)27(44-33)17-23-14-18(3)35(20(23)5)24-11-9-10-22(15-24)31(38)39/h9-17,29H,7-8H2,1-6H3,(H,38,39)/b27-17-. The van der Waals surface area contributed by atoms with E-state index < -0.39 is 18.0 Å². The van der Waals surface area contributed by atoms with Crippen LogP contribution in [0.3, 0.4) is 0 Å². The quantitative estimate of drug-likeness (QED) is 0.279. The van der Waals surface area contributed by atoms with Crippen LogP contribution in [0.2, 0.25) is 0 Å². The van der Waals surface area contributed by atoms with Gasteiger partial charge in [-0.25, -0.2) is 14.6 Å². The van der Waals surface area contributed by atoms with Crippen LogP contribution in [-0.2, 0) is 9.53 Å². The number of carboxylic acid groups (broad SMARTS) is 1. The van der Waals surface area contributed by atoms with Crippen molar-refractivity contribution >= 4 is 29.4 Å². The van der Waals surface area contributed by atoms with Gasteiger partial charge in [-0.05, 0) is 88.2 Å². The number of nitrogens with zero attached hydrogens (tertiary/aromatic N) is 3. The zero-order valence-corrected chi connectivity index (χ0v) is 26.2. The third-order valence-corrected chi connectivity index (χ3v) is 8.41. The van der Waals surface area contributed by atoms with Crippen LogP contribution in [0.25, 0.3) is 11.8 Å². The second-order valence-corrected chi connectivity index (χ2v) is 11.2. The van der Waals surface area contributed by atoms with Gasteiger partial charge in [0.15, 0.2) is 16.3 Å². The summed E-state index contributed by atoms with van der Waals surface area (Å²) in [7, 11) is 1.55. The highest BCUT2D eigenvalue weighted by Crippen LogP contribution is 2.36. The van der Waals surface area contributed by atoms with Gasteiger partial charge in [-0.1, -0.05) is 23.5 Å². The number of carbonyl (C=O) groups is 2. The number of methoxy groups -OCH3 is 1. The van der Waals surface area contributed by atoms with Crippen molar-refractivity contribution in [3.8, 4) is 17.2 Å². The molecule has 1 aliphatic rings. The topological polar surface area (TPSA) is 121 Å². The Balaban J connectivity index is 1.69. The number of ether oxygens (including phenoxy) is 3. The molecule has 2 aromatic carbocycles. The van der Waals surface area contributed by atoms with Crippen LogP contribution in [0.4, 0.5) is 0 Å². The molecule has 0 radical (unpaired) electrons. The summed E-state index contributed by atoms with van der Waals surface area (Å²) in [5.74, 6) is -0.528. The average Bonchev–Trinajstić information content (AvgIpc) is 3.45. The Labute approximate surface area is 257 Å². The Bertz CT molecular complexity index is 2000. The molecule has 228 valence electrons. The number of thiazole rings is 1. The van der Waals surface area contributed by atoms with Crippen molar-refractivity contribution in [3.63, 3.8) is 0 Å². The van der Waals surface area contributed by atoms with Gasteiger partial charge in [0, 0.05) is 17.1 Å². The smallest absolute Gasteiger partial charge is 0.338 e. The molecule has 0 spiro atoms. The lowest BCUT2D eigenvalue weighted by Gasteiger charge is -2.25. The van der Waals surface area contributed by atoms with Gasteiger partial charge < -0.3 is 23.9 Å². The zero-order valence-electron chi connectivity index (χ0n) is 25.3. The van der Waals surface area contributed by atoms with Crippen molar-refractivity contribution in [2.75, 3.05) is 20.3 Å². The molecule has 1 aliphatic heterocycles. The summed E-state index contributed by atoms with van der Waals surface area (Å²) in [4.78, 5) is 44.1. The van der Waals surface area contributed by atoms with Crippen LogP contribution in [0, 0.1) is 13.8 Å². The van der Waals surface area contributed by atoms with Gasteiger partial charge in [-0.3, -0.25) is 9.36 Å². The third-order valence-electron chi connectivity index (χ3n) is 7.43. The highest BCUT2D eigenvalue weighted by Gasteiger charge is 2.34. The molecular weight excluding hydrogens is 582 g/mol. The summed E-state index contributed by atoms with van der Waals surface area (Å²) in [5.41, 5.74) is 4.49. The van der Waals surface area contributed by atoms with Gasteiger partial charge in [0.1, 0.15) is 0 Å². The number of hydrogen-bond acceptors (Lipinski definition) is 8. The van der Waals surface area contributed by atoms with Crippen LogP contribution >= 0.6 is 11.3 Å². The van der Waals surface area contributed by atoms with Crippen molar-refractivity contribution < 1.29 is 28.9 Å². The molecule has 11 heteroatoms. The van der Waals surface area contributed by atoms with E-state index in [1.807, 2.05) is 43.5 Å². The van der Waals surface area contributed by atoms with Crippen molar-refractivity contribution in [1.82, 2.24) is 9.13 Å². The van der Waals surface area contributed by atoms with Gasteiger partial charge in [0.2, 0.25) is 0 Å². The molecule has 1 atom stereocenters. The van der Waals surface area contributed by atoms with E-state index in [1.165, 1.54) is 15.9 Å². The average molecular weight is 616 g/mol. The maximum Gasteiger partial charge on any atom is 0.338 e. The summed E-state index contributed by atoms with van der Waals surface area (Å²) >= 11 is 1.23. The SMILES string of the molecule is CCOC(=O)C1=C(C)N=c2s/c(=C\c3cc(C)n(-c4cccc(C(=O)O)c4)c3C)c(=O)n2C1c1ccc(OC)c(OCC)c1. The zero-order chi connectivity index (χ0) is 31.7. The van der Waals surface area contributed by atoms with Gasteiger partial charge in [-0.2, -0.15) is 0 Å². The first kappa shape index (κ1) is 30.6. The Morgan fingerprint density at radius 2 is 1.82 bits per heavy atom. The van der Waals surface area contributed by atoms with Crippen LogP contribution in [0.15, 0.2) is 69.6 Å². The van der Waals surface area contributed by atoms with E-state index in [0.29, 0.717) is 44.4 Å². The molecule has 0 saturated heterocycles. The molecule has 3 heterocycles. The van der Waals surface area contributed by atoms with Gasteiger partial charge >= 0.3 is 11.9 Å². The van der Waals surface area contributed by atoms with E-state index in [9.17, 15) is 19.5 Å². The number of benzene rings is 2. The highest BCUT2D eigenvalue weighted by atomic mass is 32.1. The van der Waals surface area contributed by atoms with Crippen LogP contribution in [-0.4, -0.2) is 46.5 Å². The molecular formula is C33H33N3O7S. The van der Waals surface area contributed by atoms with E-state index in [-0.39, 0.29) is 23.3 Å². The molecule has 4 aromatic rings. The lowest BCUT2D eigenvalue weighted by atomic mass is 9.95. The fraction of sp³-hybridized carbons (Fsp3) is 0.273. The monoisotopic (exact) mass is 615 g/mol. The van der Waals surface area contributed by atoms with E-state index in [1.54, 1.807) is 57.4 Å². The minimum atomic E-state index is -1.01. The summed E-state index contributed by atoms with van der Waals surface area (Å²) in [6, 6.07) is 13.2. The van der Waals surface area contributed by atoms with Crippen molar-refractivity contribution in [1.29, 1.82) is 0 Å². The van der Waals surface area contributed by atoms with Gasteiger partial charge in [0.25, 0.3) is 5.56 Å². The fourth-order valence-corrected chi connectivity index (χ4v) is 6.53. The van der Waals surface area contributed by atoms with Gasteiger partial charge in [-0.15, -0.1) is 0 Å². The molecule has 0 aliphatic carbocycles. The molecule has 0 fully saturated rings.